The SMILES string of the molecule is Cc1cc(O)ccc1C[C@H](N)C(=O)N[C@@H]1CCNc2ccc(CN3CCc4ccc(F)cc4C3)cc21. The Kier molecular flexibility index (Phi) is 6.94. The van der Waals surface area contributed by atoms with Crippen LogP contribution >= 0.6 is 0 Å². The predicted molar refractivity (Wildman–Crippen MR) is 139 cm³/mol. The molecule has 3 aromatic carbocycles. The van der Waals surface area contributed by atoms with Gasteiger partial charge in [-0.1, -0.05) is 24.3 Å². The van der Waals surface area contributed by atoms with Gasteiger partial charge in [-0.3, -0.25) is 9.69 Å². The molecule has 2 aliphatic heterocycles. The lowest BCUT2D eigenvalue weighted by molar-refractivity contribution is -0.123. The maximum Gasteiger partial charge on any atom is 0.237 e. The minimum Gasteiger partial charge on any atom is -0.508 e. The highest BCUT2D eigenvalue weighted by molar-refractivity contribution is 5.82. The van der Waals surface area contributed by atoms with Crippen molar-refractivity contribution in [2.75, 3.05) is 18.4 Å². The van der Waals surface area contributed by atoms with Crippen LogP contribution in [0, 0.1) is 12.7 Å². The molecule has 0 spiro atoms. The molecule has 2 atom stereocenters. The first-order valence-corrected chi connectivity index (χ1v) is 12.6. The van der Waals surface area contributed by atoms with Gasteiger partial charge in [0.1, 0.15) is 11.6 Å². The first-order chi connectivity index (χ1) is 17.4. The van der Waals surface area contributed by atoms with Crippen LogP contribution in [0.15, 0.2) is 54.6 Å². The molecule has 0 aromatic heterocycles. The van der Waals surface area contributed by atoms with Crippen LogP contribution in [0.25, 0.3) is 0 Å². The van der Waals surface area contributed by atoms with Crippen molar-refractivity contribution in [2.45, 2.75) is 51.4 Å². The lowest BCUT2D eigenvalue weighted by Crippen LogP contribution is -2.44. The number of amides is 1. The number of nitrogens with one attached hydrogen (secondary N) is 2. The van der Waals surface area contributed by atoms with Crippen molar-refractivity contribution in [3.63, 3.8) is 0 Å². The zero-order valence-corrected chi connectivity index (χ0v) is 20.6. The van der Waals surface area contributed by atoms with Crippen molar-refractivity contribution >= 4 is 11.6 Å². The molecule has 5 rings (SSSR count). The molecule has 0 saturated carbocycles. The summed E-state index contributed by atoms with van der Waals surface area (Å²) in [6, 6.07) is 15.8. The molecule has 6 nitrogen and oxygen atoms in total. The van der Waals surface area contributed by atoms with E-state index >= 15 is 0 Å². The van der Waals surface area contributed by atoms with Crippen LogP contribution in [0.1, 0.15) is 45.8 Å². The molecule has 5 N–H and O–H groups in total. The molecule has 7 heteroatoms. The third-order valence-corrected chi connectivity index (χ3v) is 7.32. The molecule has 2 aliphatic rings. The molecule has 0 aliphatic carbocycles. The number of benzene rings is 3. The minimum absolute atomic E-state index is 0.114. The normalized spacial score (nSPS) is 18.0. The van der Waals surface area contributed by atoms with E-state index in [9.17, 15) is 14.3 Å². The number of halogens is 1. The van der Waals surface area contributed by atoms with E-state index in [0.29, 0.717) is 6.42 Å². The molecule has 0 fully saturated rings. The van der Waals surface area contributed by atoms with Gasteiger partial charge in [-0.05, 0) is 89.9 Å². The topological polar surface area (TPSA) is 90.6 Å². The Balaban J connectivity index is 1.26. The van der Waals surface area contributed by atoms with E-state index in [1.807, 2.05) is 19.1 Å². The number of hydrogen-bond acceptors (Lipinski definition) is 5. The number of aromatic hydroxyl groups is 1. The largest absolute Gasteiger partial charge is 0.508 e. The second-order valence-electron chi connectivity index (χ2n) is 9.99. The van der Waals surface area contributed by atoms with E-state index in [-0.39, 0.29) is 23.5 Å². The van der Waals surface area contributed by atoms with Crippen LogP contribution in [0.3, 0.4) is 0 Å². The van der Waals surface area contributed by atoms with Gasteiger partial charge in [0.25, 0.3) is 0 Å². The third kappa shape index (κ3) is 5.37. The lowest BCUT2D eigenvalue weighted by atomic mass is 9.94. The molecule has 0 saturated heterocycles. The van der Waals surface area contributed by atoms with Crippen molar-refractivity contribution in [1.29, 1.82) is 0 Å². The Morgan fingerprint density at radius 2 is 2.06 bits per heavy atom. The van der Waals surface area contributed by atoms with E-state index in [1.165, 1.54) is 17.2 Å². The highest BCUT2D eigenvalue weighted by Crippen LogP contribution is 2.32. The van der Waals surface area contributed by atoms with Crippen LogP contribution < -0.4 is 16.4 Å². The minimum atomic E-state index is -0.677. The molecule has 0 radical (unpaired) electrons. The van der Waals surface area contributed by atoms with Gasteiger partial charge < -0.3 is 21.5 Å². The number of anilines is 1. The van der Waals surface area contributed by atoms with Crippen LogP contribution in [0.2, 0.25) is 0 Å². The second kappa shape index (κ2) is 10.3. The number of rotatable bonds is 6. The Labute approximate surface area is 211 Å². The number of carbonyl (C=O) groups excluding carboxylic acids is 1. The van der Waals surface area contributed by atoms with E-state index in [2.05, 4.69) is 33.7 Å². The Hall–Kier alpha value is -3.42. The van der Waals surface area contributed by atoms with Crippen molar-refractivity contribution in [2.24, 2.45) is 5.73 Å². The number of hydrogen-bond donors (Lipinski definition) is 4. The van der Waals surface area contributed by atoms with Crippen molar-refractivity contribution in [3.8, 4) is 5.75 Å². The predicted octanol–water partition coefficient (Wildman–Crippen LogP) is 3.94. The summed E-state index contributed by atoms with van der Waals surface area (Å²) in [5.41, 5.74) is 13.7. The van der Waals surface area contributed by atoms with Gasteiger partial charge in [0.15, 0.2) is 0 Å². The number of phenolic OH excluding ortho intramolecular Hbond substituents is 1. The summed E-state index contributed by atoms with van der Waals surface area (Å²) in [7, 11) is 0. The smallest absolute Gasteiger partial charge is 0.237 e. The lowest BCUT2D eigenvalue weighted by Gasteiger charge is -2.31. The molecule has 2 heterocycles. The Morgan fingerprint density at radius 1 is 1.19 bits per heavy atom. The quantitative estimate of drug-likeness (QED) is 0.422. The standard InChI is InChI=1S/C29H33FN4O2/c1-18-12-24(35)6-4-21(18)15-26(31)29(36)33-28-8-10-32-27-7-2-19(13-25(27)28)16-34-11-9-20-3-5-23(30)14-22(20)17-34/h2-7,12-14,26,28,32,35H,8-11,15-17,31H2,1H3,(H,33,36)/t26-,28+/m0/s1. The zero-order chi connectivity index (χ0) is 25.2. The molecule has 188 valence electrons. The summed E-state index contributed by atoms with van der Waals surface area (Å²) >= 11 is 0. The fourth-order valence-electron chi connectivity index (χ4n) is 5.31. The first kappa shape index (κ1) is 24.3. The van der Waals surface area contributed by atoms with Crippen molar-refractivity contribution in [3.05, 3.63) is 93.8 Å². The summed E-state index contributed by atoms with van der Waals surface area (Å²) in [5.74, 6) is -0.162. The average molecular weight is 489 g/mol. The highest BCUT2D eigenvalue weighted by atomic mass is 19.1. The number of phenols is 1. The average Bonchev–Trinajstić information content (AvgIpc) is 2.85. The van der Waals surface area contributed by atoms with Gasteiger partial charge in [-0.15, -0.1) is 0 Å². The number of aryl methyl sites for hydroxylation is 1. The van der Waals surface area contributed by atoms with Crippen LogP contribution in [0.5, 0.6) is 5.75 Å². The zero-order valence-electron chi connectivity index (χ0n) is 20.6. The van der Waals surface area contributed by atoms with Gasteiger partial charge in [0.05, 0.1) is 12.1 Å². The van der Waals surface area contributed by atoms with Crippen LogP contribution in [-0.2, 0) is 30.7 Å². The maximum absolute atomic E-state index is 13.7. The fourth-order valence-corrected chi connectivity index (χ4v) is 5.31. The van der Waals surface area contributed by atoms with Gasteiger partial charge in [0, 0.05) is 31.9 Å². The summed E-state index contributed by atoms with van der Waals surface area (Å²) in [4.78, 5) is 15.3. The van der Waals surface area contributed by atoms with Gasteiger partial charge in [-0.25, -0.2) is 4.39 Å². The van der Waals surface area contributed by atoms with Crippen molar-refractivity contribution < 1.29 is 14.3 Å². The Bertz CT molecular complexity index is 1280. The molecular weight excluding hydrogens is 455 g/mol. The molecule has 1 amide bonds. The highest BCUT2D eigenvalue weighted by Gasteiger charge is 2.25. The van der Waals surface area contributed by atoms with Gasteiger partial charge >= 0.3 is 0 Å². The monoisotopic (exact) mass is 488 g/mol. The number of nitrogens with zero attached hydrogens (tertiary/aromatic N) is 1. The molecular formula is C29H33FN4O2. The second-order valence-corrected chi connectivity index (χ2v) is 9.99. The number of carbonyl (C=O) groups is 1. The number of nitrogens with two attached hydrogens (primary N) is 1. The van der Waals surface area contributed by atoms with Crippen LogP contribution in [-0.4, -0.2) is 35.0 Å². The first-order valence-electron chi connectivity index (χ1n) is 12.6. The van der Waals surface area contributed by atoms with E-state index < -0.39 is 6.04 Å². The molecule has 36 heavy (non-hydrogen) atoms. The number of fused-ring (bicyclic) bond motifs is 2. The summed E-state index contributed by atoms with van der Waals surface area (Å²) in [6.07, 6.45) is 2.11. The molecule has 0 unspecified atom stereocenters. The van der Waals surface area contributed by atoms with E-state index in [0.717, 1.165) is 67.0 Å². The summed E-state index contributed by atoms with van der Waals surface area (Å²) < 4.78 is 13.7. The maximum atomic E-state index is 13.7. The van der Waals surface area contributed by atoms with Crippen LogP contribution in [0.4, 0.5) is 10.1 Å². The van der Waals surface area contributed by atoms with Crippen molar-refractivity contribution in [1.82, 2.24) is 10.2 Å². The Morgan fingerprint density at radius 3 is 2.89 bits per heavy atom. The van der Waals surface area contributed by atoms with Gasteiger partial charge in [0.2, 0.25) is 5.91 Å². The van der Waals surface area contributed by atoms with E-state index in [1.54, 1.807) is 18.2 Å². The summed E-state index contributed by atoms with van der Waals surface area (Å²) in [5, 5.41) is 16.2. The van der Waals surface area contributed by atoms with Gasteiger partial charge in [-0.2, -0.15) is 0 Å². The van der Waals surface area contributed by atoms with E-state index in [4.69, 9.17) is 5.73 Å². The molecule has 3 aromatic rings. The fraction of sp³-hybridized carbons (Fsp3) is 0.345. The summed E-state index contributed by atoms with van der Waals surface area (Å²) in [6.45, 7) is 5.11. The third-order valence-electron chi connectivity index (χ3n) is 7.32. The molecule has 0 bridgehead atoms.